The molecular formula is C15H19ClN2O3. The van der Waals surface area contributed by atoms with E-state index in [2.05, 4.69) is 5.32 Å². The first kappa shape index (κ1) is 14.4. The number of halogens is 1. The van der Waals surface area contributed by atoms with Crippen molar-refractivity contribution in [2.45, 2.75) is 38.8 Å². The molecule has 2 fully saturated rings. The maximum atomic E-state index is 12.5. The van der Waals surface area contributed by atoms with E-state index in [-0.39, 0.29) is 17.9 Å². The molecule has 0 aliphatic heterocycles. The Labute approximate surface area is 128 Å². The van der Waals surface area contributed by atoms with Gasteiger partial charge in [-0.15, -0.1) is 0 Å². The lowest BCUT2D eigenvalue weighted by atomic mass is 9.84. The number of fused-ring (bicyclic) bond motifs is 2. The van der Waals surface area contributed by atoms with Crippen LogP contribution in [0.4, 0.5) is 0 Å². The van der Waals surface area contributed by atoms with Crippen molar-refractivity contribution in [3.8, 4) is 0 Å². The van der Waals surface area contributed by atoms with E-state index < -0.39 is 11.9 Å². The fourth-order valence-corrected chi connectivity index (χ4v) is 4.23. The fraction of sp³-hybridized carbons (Fsp3) is 0.600. The highest BCUT2D eigenvalue weighted by Gasteiger charge is 2.51. The number of hydrogen-bond acceptors (Lipinski definition) is 2. The molecule has 5 nitrogen and oxygen atoms in total. The number of carboxylic acid groups (broad SMARTS) is 1. The molecule has 1 aromatic heterocycles. The van der Waals surface area contributed by atoms with Gasteiger partial charge in [-0.1, -0.05) is 11.6 Å². The zero-order valence-electron chi connectivity index (χ0n) is 11.9. The number of carboxylic acids is 1. The molecule has 0 radical (unpaired) electrons. The van der Waals surface area contributed by atoms with Crippen LogP contribution in [0.5, 0.6) is 0 Å². The maximum absolute atomic E-state index is 12.5. The zero-order chi connectivity index (χ0) is 15.1. The molecule has 3 rings (SSSR count). The second-order valence-corrected chi connectivity index (χ2v) is 6.46. The normalized spacial score (nSPS) is 30.6. The van der Waals surface area contributed by atoms with E-state index in [1.165, 1.54) is 0 Å². The molecule has 0 saturated heterocycles. The molecule has 2 aliphatic rings. The number of carbonyl (C=O) groups is 2. The minimum Gasteiger partial charge on any atom is -0.481 e. The van der Waals surface area contributed by atoms with Gasteiger partial charge in [0, 0.05) is 18.8 Å². The highest BCUT2D eigenvalue weighted by atomic mass is 35.5. The van der Waals surface area contributed by atoms with E-state index in [0.29, 0.717) is 23.2 Å². The van der Waals surface area contributed by atoms with Gasteiger partial charge in [0.05, 0.1) is 10.9 Å². The Hall–Kier alpha value is -1.49. The molecule has 4 atom stereocenters. The van der Waals surface area contributed by atoms with Gasteiger partial charge < -0.3 is 15.0 Å². The number of aryl methyl sites for hydroxylation is 1. The van der Waals surface area contributed by atoms with Gasteiger partial charge in [-0.25, -0.2) is 0 Å². The summed E-state index contributed by atoms with van der Waals surface area (Å²) in [5.74, 6) is -0.975. The van der Waals surface area contributed by atoms with Crippen molar-refractivity contribution in [1.29, 1.82) is 0 Å². The maximum Gasteiger partial charge on any atom is 0.308 e. The van der Waals surface area contributed by atoms with E-state index in [1.807, 2.05) is 6.92 Å². The zero-order valence-corrected chi connectivity index (χ0v) is 12.6. The Morgan fingerprint density at radius 1 is 1.43 bits per heavy atom. The monoisotopic (exact) mass is 310 g/mol. The van der Waals surface area contributed by atoms with Crippen LogP contribution in [-0.2, 0) is 11.3 Å². The van der Waals surface area contributed by atoms with E-state index in [1.54, 1.807) is 16.8 Å². The van der Waals surface area contributed by atoms with Gasteiger partial charge in [0.1, 0.15) is 5.69 Å². The second-order valence-electron chi connectivity index (χ2n) is 6.03. The smallest absolute Gasteiger partial charge is 0.308 e. The number of aromatic nitrogens is 1. The summed E-state index contributed by atoms with van der Waals surface area (Å²) in [5.41, 5.74) is 0.495. The van der Waals surface area contributed by atoms with Crippen molar-refractivity contribution >= 4 is 23.5 Å². The number of carbonyl (C=O) groups excluding carboxylic acids is 1. The molecule has 0 aromatic carbocycles. The lowest BCUT2D eigenvalue weighted by molar-refractivity contribution is -0.144. The van der Waals surface area contributed by atoms with Gasteiger partial charge in [0.15, 0.2) is 0 Å². The number of nitrogens with zero attached hydrogens (tertiary/aromatic N) is 1. The van der Waals surface area contributed by atoms with Crippen molar-refractivity contribution in [2.75, 3.05) is 0 Å². The molecule has 2 N–H and O–H groups in total. The van der Waals surface area contributed by atoms with Crippen LogP contribution in [-0.4, -0.2) is 27.6 Å². The molecule has 4 unspecified atom stereocenters. The van der Waals surface area contributed by atoms with Gasteiger partial charge in [-0.3, -0.25) is 9.59 Å². The minimum atomic E-state index is -0.795. The van der Waals surface area contributed by atoms with Crippen molar-refractivity contribution in [2.24, 2.45) is 17.8 Å². The Bertz CT molecular complexity index is 583. The van der Waals surface area contributed by atoms with Crippen LogP contribution in [0.1, 0.15) is 36.7 Å². The lowest BCUT2D eigenvalue weighted by Crippen LogP contribution is -2.47. The molecule has 2 bridgehead atoms. The van der Waals surface area contributed by atoms with Crippen LogP contribution in [0.15, 0.2) is 12.3 Å². The summed E-state index contributed by atoms with van der Waals surface area (Å²) < 4.78 is 1.78. The fourth-order valence-electron chi connectivity index (χ4n) is 4.01. The van der Waals surface area contributed by atoms with Crippen LogP contribution in [0, 0.1) is 17.8 Å². The third-order valence-electron chi connectivity index (χ3n) is 4.94. The molecule has 2 saturated carbocycles. The minimum absolute atomic E-state index is 0.208. The molecule has 114 valence electrons. The summed E-state index contributed by atoms with van der Waals surface area (Å²) in [6.07, 6.45) is 4.60. The standard InChI is InChI=1S/C15H19ClN2O3/c1-2-18-7-10(16)6-11(18)14(19)17-13-9-4-3-8(5-9)12(13)15(20)21/h6-9,12-13H,2-5H2,1H3,(H,17,19)(H,20,21). The lowest BCUT2D eigenvalue weighted by Gasteiger charge is -2.28. The summed E-state index contributed by atoms with van der Waals surface area (Å²) >= 11 is 5.95. The van der Waals surface area contributed by atoms with Gasteiger partial charge >= 0.3 is 5.97 Å². The van der Waals surface area contributed by atoms with Crippen molar-refractivity contribution in [1.82, 2.24) is 9.88 Å². The van der Waals surface area contributed by atoms with E-state index in [0.717, 1.165) is 19.3 Å². The average Bonchev–Trinajstić information content (AvgIpc) is 3.11. The molecular weight excluding hydrogens is 292 g/mol. The van der Waals surface area contributed by atoms with Crippen LogP contribution < -0.4 is 5.32 Å². The number of aliphatic carboxylic acids is 1. The Balaban J connectivity index is 1.79. The Morgan fingerprint density at radius 3 is 2.81 bits per heavy atom. The summed E-state index contributed by atoms with van der Waals surface area (Å²) in [6.45, 7) is 2.58. The topological polar surface area (TPSA) is 71.3 Å². The number of hydrogen-bond donors (Lipinski definition) is 2. The van der Waals surface area contributed by atoms with Crippen LogP contribution >= 0.6 is 11.6 Å². The highest BCUT2D eigenvalue weighted by Crippen LogP contribution is 2.48. The molecule has 21 heavy (non-hydrogen) atoms. The molecule has 0 spiro atoms. The highest BCUT2D eigenvalue weighted by molar-refractivity contribution is 6.31. The van der Waals surface area contributed by atoms with Crippen molar-refractivity contribution in [3.63, 3.8) is 0 Å². The number of rotatable bonds is 4. The Kier molecular flexibility index (Phi) is 3.69. The largest absolute Gasteiger partial charge is 0.481 e. The van der Waals surface area contributed by atoms with Crippen LogP contribution in [0.2, 0.25) is 5.02 Å². The number of nitrogens with one attached hydrogen (secondary N) is 1. The molecule has 2 aliphatic carbocycles. The number of amides is 1. The van der Waals surface area contributed by atoms with Gasteiger partial charge in [0.25, 0.3) is 5.91 Å². The predicted octanol–water partition coefficient (Wildman–Crippen LogP) is 2.39. The van der Waals surface area contributed by atoms with Gasteiger partial charge in [-0.05, 0) is 44.1 Å². The quantitative estimate of drug-likeness (QED) is 0.897. The summed E-state index contributed by atoms with van der Waals surface area (Å²) in [5, 5.41) is 12.9. The average molecular weight is 311 g/mol. The first-order chi connectivity index (χ1) is 10.0. The first-order valence-electron chi connectivity index (χ1n) is 7.40. The molecule has 1 heterocycles. The van der Waals surface area contributed by atoms with E-state index in [9.17, 15) is 14.7 Å². The van der Waals surface area contributed by atoms with Crippen LogP contribution in [0.3, 0.4) is 0 Å². The third kappa shape index (κ3) is 2.44. The summed E-state index contributed by atoms with van der Waals surface area (Å²) in [6, 6.07) is 1.37. The summed E-state index contributed by atoms with van der Waals surface area (Å²) in [7, 11) is 0. The van der Waals surface area contributed by atoms with E-state index >= 15 is 0 Å². The van der Waals surface area contributed by atoms with Crippen molar-refractivity contribution < 1.29 is 14.7 Å². The van der Waals surface area contributed by atoms with Gasteiger partial charge in [0.2, 0.25) is 0 Å². The van der Waals surface area contributed by atoms with Crippen molar-refractivity contribution in [3.05, 3.63) is 23.0 Å². The van der Waals surface area contributed by atoms with E-state index in [4.69, 9.17) is 11.6 Å². The van der Waals surface area contributed by atoms with Gasteiger partial charge in [-0.2, -0.15) is 0 Å². The Morgan fingerprint density at radius 2 is 2.14 bits per heavy atom. The van der Waals surface area contributed by atoms with Crippen LogP contribution in [0.25, 0.3) is 0 Å². The molecule has 1 aromatic rings. The molecule has 6 heteroatoms. The third-order valence-corrected chi connectivity index (χ3v) is 5.14. The SMILES string of the molecule is CCn1cc(Cl)cc1C(=O)NC1C2CCC(C2)C1C(=O)O. The summed E-state index contributed by atoms with van der Waals surface area (Å²) in [4.78, 5) is 23.9. The predicted molar refractivity (Wildman–Crippen MR) is 78.3 cm³/mol. The first-order valence-corrected chi connectivity index (χ1v) is 7.78. The second kappa shape index (κ2) is 5.37. The molecule has 1 amide bonds.